The Bertz CT molecular complexity index is 583. The Balaban J connectivity index is 2.72. The largest absolute Gasteiger partial charge is 0.433 e. The minimum atomic E-state index is -4.64. The van der Waals surface area contributed by atoms with E-state index in [1.165, 1.54) is 0 Å². The predicted octanol–water partition coefficient (Wildman–Crippen LogP) is 0.999. The Morgan fingerprint density at radius 1 is 1.44 bits per heavy atom. The first kappa shape index (κ1) is 10.7. The summed E-state index contributed by atoms with van der Waals surface area (Å²) in [7, 11) is 0. The van der Waals surface area contributed by atoms with Crippen molar-refractivity contribution in [2.24, 2.45) is 0 Å². The molecule has 0 aliphatic heterocycles. The van der Waals surface area contributed by atoms with Gasteiger partial charge in [0.15, 0.2) is 5.69 Å². The fourth-order valence-corrected chi connectivity index (χ4v) is 1.23. The van der Waals surface area contributed by atoms with E-state index in [9.17, 15) is 18.0 Å². The highest BCUT2D eigenvalue weighted by Gasteiger charge is 2.33. The highest BCUT2D eigenvalue weighted by Crippen LogP contribution is 2.26. The van der Waals surface area contributed by atoms with Gasteiger partial charge in [-0.2, -0.15) is 22.7 Å². The van der Waals surface area contributed by atoms with E-state index in [0.29, 0.717) is 18.3 Å². The molecule has 0 amide bonds. The normalized spacial score (nSPS) is 12.2. The van der Waals surface area contributed by atoms with E-state index in [1.54, 1.807) is 6.92 Å². The zero-order valence-corrected chi connectivity index (χ0v) is 8.17. The fourth-order valence-electron chi connectivity index (χ4n) is 1.23. The first-order chi connectivity index (χ1) is 7.41. The van der Waals surface area contributed by atoms with E-state index < -0.39 is 17.4 Å². The SMILES string of the molecule is CCc1nc2nc(C(F)(F)F)cc(=O)n2[nH]1. The van der Waals surface area contributed by atoms with Gasteiger partial charge in [-0.1, -0.05) is 6.92 Å². The molecule has 8 heteroatoms. The molecular formula is C8H7F3N4O. The van der Waals surface area contributed by atoms with Gasteiger partial charge in [-0.05, 0) is 0 Å². The lowest BCUT2D eigenvalue weighted by Gasteiger charge is -2.03. The van der Waals surface area contributed by atoms with Crippen LogP contribution in [-0.2, 0) is 12.6 Å². The number of alkyl halides is 3. The first-order valence-corrected chi connectivity index (χ1v) is 4.47. The van der Waals surface area contributed by atoms with Crippen LogP contribution < -0.4 is 5.56 Å². The summed E-state index contributed by atoms with van der Waals surface area (Å²) in [6, 6.07) is 0.435. The summed E-state index contributed by atoms with van der Waals surface area (Å²) in [5, 5.41) is 2.56. The maximum atomic E-state index is 12.3. The maximum absolute atomic E-state index is 12.3. The van der Waals surface area contributed by atoms with Crippen LogP contribution in [0.2, 0.25) is 0 Å². The number of hydrogen-bond acceptors (Lipinski definition) is 3. The lowest BCUT2D eigenvalue weighted by molar-refractivity contribution is -0.141. The third kappa shape index (κ3) is 1.66. The average molecular weight is 232 g/mol. The number of nitrogens with one attached hydrogen (secondary N) is 1. The van der Waals surface area contributed by atoms with Crippen LogP contribution in [0, 0.1) is 0 Å². The number of aromatic amines is 1. The standard InChI is InChI=1S/C8H7F3N4O/c1-2-5-13-7-12-4(8(9,10)11)3-6(16)15(7)14-5/h3H,2H2,1H3,(H,12,13,14). The number of aromatic nitrogens is 4. The quantitative estimate of drug-likeness (QED) is 0.797. The second-order valence-electron chi connectivity index (χ2n) is 3.14. The molecule has 5 nitrogen and oxygen atoms in total. The van der Waals surface area contributed by atoms with Crippen LogP contribution in [0.3, 0.4) is 0 Å². The van der Waals surface area contributed by atoms with Crippen molar-refractivity contribution in [2.45, 2.75) is 19.5 Å². The molecule has 0 aliphatic carbocycles. The molecule has 86 valence electrons. The Morgan fingerprint density at radius 2 is 2.12 bits per heavy atom. The van der Waals surface area contributed by atoms with Crippen LogP contribution in [0.1, 0.15) is 18.4 Å². The number of aryl methyl sites for hydroxylation is 1. The zero-order chi connectivity index (χ0) is 11.9. The van der Waals surface area contributed by atoms with Crippen LogP contribution >= 0.6 is 0 Å². The van der Waals surface area contributed by atoms with Crippen molar-refractivity contribution in [1.82, 2.24) is 19.6 Å². The summed E-state index contributed by atoms with van der Waals surface area (Å²) in [5.74, 6) is 0.139. The van der Waals surface area contributed by atoms with E-state index in [4.69, 9.17) is 0 Å². The molecule has 0 radical (unpaired) electrons. The third-order valence-corrected chi connectivity index (χ3v) is 2.00. The highest BCUT2D eigenvalue weighted by atomic mass is 19.4. The molecule has 0 saturated heterocycles. The first-order valence-electron chi connectivity index (χ1n) is 4.47. The van der Waals surface area contributed by atoms with Crippen molar-refractivity contribution in [3.63, 3.8) is 0 Å². The number of rotatable bonds is 1. The molecule has 0 saturated carbocycles. The Labute approximate surface area is 86.9 Å². The second kappa shape index (κ2) is 3.32. The summed E-state index contributed by atoms with van der Waals surface area (Å²) < 4.78 is 37.9. The Hall–Kier alpha value is -1.86. The molecule has 1 N–H and O–H groups in total. The van der Waals surface area contributed by atoms with Crippen molar-refractivity contribution < 1.29 is 13.2 Å². The second-order valence-corrected chi connectivity index (χ2v) is 3.14. The van der Waals surface area contributed by atoms with Gasteiger partial charge in [0.2, 0.25) is 0 Å². The molecule has 0 aromatic carbocycles. The number of nitrogens with zero attached hydrogens (tertiary/aromatic N) is 3. The van der Waals surface area contributed by atoms with E-state index in [1.807, 2.05) is 0 Å². The smallest absolute Gasteiger partial charge is 0.275 e. The van der Waals surface area contributed by atoms with E-state index in [2.05, 4.69) is 15.1 Å². The van der Waals surface area contributed by atoms with E-state index in [-0.39, 0.29) is 5.78 Å². The molecule has 16 heavy (non-hydrogen) atoms. The molecule has 0 atom stereocenters. The van der Waals surface area contributed by atoms with Crippen molar-refractivity contribution >= 4 is 5.78 Å². The van der Waals surface area contributed by atoms with Gasteiger partial charge in [-0.3, -0.25) is 9.89 Å². The lowest BCUT2D eigenvalue weighted by Crippen LogP contribution is -2.20. The molecule has 0 bridgehead atoms. The summed E-state index contributed by atoms with van der Waals surface area (Å²) in [4.78, 5) is 18.4. The van der Waals surface area contributed by atoms with Gasteiger partial charge < -0.3 is 0 Å². The van der Waals surface area contributed by atoms with Crippen LogP contribution in [0.15, 0.2) is 10.9 Å². The summed E-state index contributed by atoms with van der Waals surface area (Å²) in [6.07, 6.45) is -4.16. The maximum Gasteiger partial charge on any atom is 0.433 e. The van der Waals surface area contributed by atoms with Gasteiger partial charge in [0, 0.05) is 12.5 Å². The average Bonchev–Trinajstić information content (AvgIpc) is 2.59. The minimum absolute atomic E-state index is 0.267. The van der Waals surface area contributed by atoms with Crippen LogP contribution in [0.4, 0.5) is 13.2 Å². The molecular weight excluding hydrogens is 225 g/mol. The van der Waals surface area contributed by atoms with E-state index >= 15 is 0 Å². The zero-order valence-electron chi connectivity index (χ0n) is 8.17. The van der Waals surface area contributed by atoms with Crippen LogP contribution in [0.5, 0.6) is 0 Å². The minimum Gasteiger partial charge on any atom is -0.275 e. The topological polar surface area (TPSA) is 63.1 Å². The Kier molecular flexibility index (Phi) is 2.21. The van der Waals surface area contributed by atoms with E-state index in [0.717, 1.165) is 4.52 Å². The molecule has 2 heterocycles. The van der Waals surface area contributed by atoms with Gasteiger partial charge in [0.1, 0.15) is 5.82 Å². The van der Waals surface area contributed by atoms with Gasteiger partial charge in [-0.15, -0.1) is 0 Å². The number of H-pyrrole nitrogens is 1. The van der Waals surface area contributed by atoms with Crippen molar-refractivity contribution in [3.8, 4) is 0 Å². The number of fused-ring (bicyclic) bond motifs is 1. The highest BCUT2D eigenvalue weighted by molar-refractivity contribution is 5.28. The van der Waals surface area contributed by atoms with Gasteiger partial charge in [0.25, 0.3) is 11.3 Å². The molecule has 2 rings (SSSR count). The van der Waals surface area contributed by atoms with Crippen LogP contribution in [0.25, 0.3) is 5.78 Å². The van der Waals surface area contributed by atoms with Crippen LogP contribution in [-0.4, -0.2) is 19.6 Å². The summed E-state index contributed by atoms with van der Waals surface area (Å²) in [6.45, 7) is 1.76. The third-order valence-electron chi connectivity index (χ3n) is 2.00. The predicted molar refractivity (Wildman–Crippen MR) is 48.0 cm³/mol. The molecule has 0 spiro atoms. The van der Waals surface area contributed by atoms with Crippen molar-refractivity contribution in [2.75, 3.05) is 0 Å². The van der Waals surface area contributed by atoms with Gasteiger partial charge in [-0.25, -0.2) is 4.98 Å². The monoisotopic (exact) mass is 232 g/mol. The fraction of sp³-hybridized carbons (Fsp3) is 0.375. The molecule has 2 aromatic rings. The molecule has 0 aliphatic rings. The van der Waals surface area contributed by atoms with Crippen molar-refractivity contribution in [1.29, 1.82) is 0 Å². The van der Waals surface area contributed by atoms with Crippen molar-refractivity contribution in [3.05, 3.63) is 27.9 Å². The summed E-state index contributed by atoms with van der Waals surface area (Å²) >= 11 is 0. The van der Waals surface area contributed by atoms with Gasteiger partial charge >= 0.3 is 6.18 Å². The molecule has 0 fully saturated rings. The molecule has 0 unspecified atom stereocenters. The number of hydrogen-bond donors (Lipinski definition) is 1. The number of halogens is 3. The molecule has 2 aromatic heterocycles. The van der Waals surface area contributed by atoms with Gasteiger partial charge in [0.05, 0.1) is 0 Å². The summed E-state index contributed by atoms with van der Waals surface area (Å²) in [5.41, 5.74) is -2.06. The lowest BCUT2D eigenvalue weighted by atomic mass is 10.4. The Morgan fingerprint density at radius 3 is 2.69 bits per heavy atom.